The van der Waals surface area contributed by atoms with Crippen molar-refractivity contribution in [3.05, 3.63) is 53.6 Å². The normalized spacial score (nSPS) is 35.6. The molecule has 0 aromatic heterocycles. The second-order valence-electron chi connectivity index (χ2n) is 13.9. The maximum atomic E-state index is 13.6. The van der Waals surface area contributed by atoms with E-state index in [4.69, 9.17) is 18.9 Å². The number of carbonyl (C=O) groups excluding carboxylic acids is 4. The number of carbonyl (C=O) groups is 4. The summed E-state index contributed by atoms with van der Waals surface area (Å²) in [7, 11) is 3.35. The summed E-state index contributed by atoms with van der Waals surface area (Å²) < 4.78 is 50.2. The van der Waals surface area contributed by atoms with Crippen LogP contribution in [-0.2, 0) is 33.3 Å². The summed E-state index contributed by atoms with van der Waals surface area (Å²) in [6, 6.07) is 2.01. The first kappa shape index (κ1) is 42.8. The van der Waals surface area contributed by atoms with Crippen LogP contribution in [0.15, 0.2) is 42.0 Å². The van der Waals surface area contributed by atoms with Crippen molar-refractivity contribution in [2.24, 2.45) is 23.7 Å². The van der Waals surface area contributed by atoms with E-state index in [0.717, 1.165) is 18.2 Å². The molecule has 290 valence electrons. The zero-order chi connectivity index (χ0) is 38.9. The van der Waals surface area contributed by atoms with Crippen molar-refractivity contribution >= 4 is 29.8 Å². The van der Waals surface area contributed by atoms with Gasteiger partial charge in [-0.1, -0.05) is 38.5 Å². The first-order valence-corrected chi connectivity index (χ1v) is 17.4. The van der Waals surface area contributed by atoms with Gasteiger partial charge in [0.05, 0.1) is 36.9 Å². The monoisotopic (exact) mass is 738 g/mol. The van der Waals surface area contributed by atoms with Gasteiger partial charge < -0.3 is 44.0 Å². The Morgan fingerprint density at radius 2 is 1.77 bits per heavy atom. The quantitative estimate of drug-likeness (QED) is 0.225. The average Bonchev–Trinajstić information content (AvgIpc) is 3.08. The summed E-state index contributed by atoms with van der Waals surface area (Å²) in [5.41, 5.74) is 0.521. The number of hydrogen-bond acceptors (Lipinski definition) is 12. The first-order valence-electron chi connectivity index (χ1n) is 17.4. The van der Waals surface area contributed by atoms with Crippen LogP contribution in [0.2, 0.25) is 0 Å². The number of likely N-dealkylation sites (N-methyl/N-ethyl adjacent to an activating group) is 1. The number of allylic oxidation sites excluding steroid dienone is 3. The Morgan fingerprint density at radius 3 is 2.38 bits per heavy atom. The van der Waals surface area contributed by atoms with Crippen molar-refractivity contribution in [2.45, 2.75) is 103 Å². The number of aliphatic hydroxyl groups excluding tert-OH is 3. The van der Waals surface area contributed by atoms with Gasteiger partial charge in [-0.3, -0.25) is 14.9 Å². The topological polar surface area (TPSA) is 181 Å². The highest BCUT2D eigenvalue weighted by atomic mass is 19.2. The van der Waals surface area contributed by atoms with Crippen molar-refractivity contribution in [3.63, 3.8) is 0 Å². The fraction of sp³-hybridized carbons (Fsp3) is 0.622. The van der Waals surface area contributed by atoms with E-state index in [1.807, 2.05) is 0 Å². The van der Waals surface area contributed by atoms with Gasteiger partial charge in [0.2, 0.25) is 0 Å². The molecule has 1 fully saturated rings. The van der Waals surface area contributed by atoms with E-state index < -0.39 is 103 Å². The van der Waals surface area contributed by atoms with Crippen LogP contribution in [0.5, 0.6) is 0 Å². The van der Waals surface area contributed by atoms with Gasteiger partial charge in [-0.2, -0.15) is 0 Å². The van der Waals surface area contributed by atoms with E-state index in [9.17, 15) is 43.3 Å². The number of ketones is 1. The molecule has 1 aromatic rings. The van der Waals surface area contributed by atoms with E-state index in [2.05, 4.69) is 5.32 Å². The Kier molecular flexibility index (Phi) is 16.0. The van der Waals surface area contributed by atoms with Crippen LogP contribution in [0.3, 0.4) is 0 Å². The van der Waals surface area contributed by atoms with Gasteiger partial charge in [0.25, 0.3) is 0 Å². The lowest BCUT2D eigenvalue weighted by atomic mass is 9.81. The molecule has 1 aromatic carbocycles. The van der Waals surface area contributed by atoms with Gasteiger partial charge in [0, 0.05) is 35.4 Å². The molecule has 3 rings (SSSR count). The van der Waals surface area contributed by atoms with Crippen molar-refractivity contribution in [1.29, 1.82) is 0 Å². The number of hydrogen-bond donors (Lipinski definition) is 4. The number of cyclic esters (lactones) is 1. The molecule has 13 nitrogen and oxygen atoms in total. The third-order valence-electron chi connectivity index (χ3n) is 9.63. The van der Waals surface area contributed by atoms with E-state index in [1.165, 1.54) is 6.08 Å². The number of nitrogens with zero attached hydrogens (tertiary/aromatic N) is 1. The van der Waals surface area contributed by atoms with Gasteiger partial charge in [-0.05, 0) is 59.0 Å². The summed E-state index contributed by atoms with van der Waals surface area (Å²) in [5.74, 6) is -6.67. The number of esters is 1. The molecule has 1 amide bonds. The second kappa shape index (κ2) is 19.5. The Labute approximate surface area is 302 Å². The summed E-state index contributed by atoms with van der Waals surface area (Å²) in [4.78, 5) is 53.4. The average molecular weight is 739 g/mol. The predicted molar refractivity (Wildman–Crippen MR) is 185 cm³/mol. The van der Waals surface area contributed by atoms with Crippen LogP contribution in [0.1, 0.15) is 53.9 Å². The van der Waals surface area contributed by atoms with Crippen LogP contribution in [0.4, 0.5) is 19.3 Å². The minimum absolute atomic E-state index is 0.00114. The molecule has 15 heteroatoms. The molecular formula is C37H52F2N2O11. The Balaban J connectivity index is 1.90. The largest absolute Gasteiger partial charge is 0.462 e. The van der Waals surface area contributed by atoms with Crippen LogP contribution in [0.25, 0.3) is 0 Å². The number of amides is 1. The predicted octanol–water partition coefficient (Wildman–Crippen LogP) is 3.55. The maximum absolute atomic E-state index is 13.6. The molecule has 0 radical (unpaired) electrons. The van der Waals surface area contributed by atoms with E-state index in [0.29, 0.717) is 11.9 Å². The standard InChI is InChI=1S/C37H52F2N2O11/c1-8-30-24(18-49-37(48)40-25-10-11-26(38)27(39)15-25)13-19(2)9-12-28(43)20(3)14-23(17-42)35(21(4)29(44)16-31(45)51-30)52-36-34(47)32(41(6)7)33(46)22(5)50-36/h9-13,15,17,20-24,29-30,32-36,44,46-47H,8,14,16,18H2,1-7H3,(H,40,48)/b12-9+,19-13+/t20-,21+,22-,23?,24-,29-,30-,32+,33-,34-,35-,36+/m1/s1. The minimum atomic E-state index is -1.42. The van der Waals surface area contributed by atoms with E-state index in [1.54, 1.807) is 65.8 Å². The molecule has 1 saturated heterocycles. The highest BCUT2D eigenvalue weighted by molar-refractivity contribution is 5.92. The summed E-state index contributed by atoms with van der Waals surface area (Å²) in [6.07, 6.45) is -4.00. The van der Waals surface area contributed by atoms with Gasteiger partial charge in [0.15, 0.2) is 23.7 Å². The zero-order valence-corrected chi connectivity index (χ0v) is 30.6. The second-order valence-corrected chi connectivity index (χ2v) is 13.9. The smallest absolute Gasteiger partial charge is 0.411 e. The lowest BCUT2D eigenvalue weighted by Crippen LogP contribution is -2.63. The van der Waals surface area contributed by atoms with Gasteiger partial charge in [-0.15, -0.1) is 0 Å². The molecule has 1 unspecified atom stereocenters. The Morgan fingerprint density at radius 1 is 1.08 bits per heavy atom. The molecule has 0 saturated carbocycles. The first-order chi connectivity index (χ1) is 24.5. The maximum Gasteiger partial charge on any atom is 0.411 e. The molecule has 2 heterocycles. The zero-order valence-electron chi connectivity index (χ0n) is 30.6. The van der Waals surface area contributed by atoms with E-state index in [-0.39, 0.29) is 30.9 Å². The molecule has 52 heavy (non-hydrogen) atoms. The van der Waals surface area contributed by atoms with Gasteiger partial charge >= 0.3 is 12.1 Å². The van der Waals surface area contributed by atoms with Crippen molar-refractivity contribution in [1.82, 2.24) is 4.90 Å². The summed E-state index contributed by atoms with van der Waals surface area (Å²) >= 11 is 0. The third kappa shape index (κ3) is 11.4. The lowest BCUT2D eigenvalue weighted by Gasteiger charge is -2.46. The van der Waals surface area contributed by atoms with E-state index >= 15 is 0 Å². The van der Waals surface area contributed by atoms with Gasteiger partial charge in [0.1, 0.15) is 25.1 Å². The van der Waals surface area contributed by atoms with Crippen molar-refractivity contribution < 1.29 is 62.2 Å². The molecule has 12 atom stereocenters. The fourth-order valence-electron chi connectivity index (χ4n) is 6.50. The number of rotatable bonds is 8. The molecule has 0 spiro atoms. The number of nitrogens with one attached hydrogen (secondary N) is 1. The molecule has 0 aliphatic carbocycles. The van der Waals surface area contributed by atoms with Gasteiger partial charge in [-0.25, -0.2) is 13.6 Å². The number of aldehydes is 1. The third-order valence-corrected chi connectivity index (χ3v) is 9.63. The Bertz CT molecular complexity index is 1460. The lowest BCUT2D eigenvalue weighted by molar-refractivity contribution is -0.302. The molecule has 2 aliphatic rings. The molecule has 4 N–H and O–H groups in total. The van der Waals surface area contributed by atoms with Crippen LogP contribution in [0, 0.1) is 35.3 Å². The minimum Gasteiger partial charge on any atom is -0.462 e. The highest BCUT2D eigenvalue weighted by Gasteiger charge is 2.47. The number of ether oxygens (including phenoxy) is 4. The molecule has 0 bridgehead atoms. The van der Waals surface area contributed by atoms with Crippen molar-refractivity contribution in [2.75, 3.05) is 26.0 Å². The van der Waals surface area contributed by atoms with Crippen molar-refractivity contribution in [3.8, 4) is 0 Å². The number of benzene rings is 1. The highest BCUT2D eigenvalue weighted by Crippen LogP contribution is 2.32. The molecule has 2 aliphatic heterocycles. The fourth-order valence-corrected chi connectivity index (χ4v) is 6.50. The van der Waals surface area contributed by atoms with Crippen LogP contribution < -0.4 is 5.32 Å². The van der Waals surface area contributed by atoms with Crippen LogP contribution in [-0.4, -0.2) is 114 Å². The summed E-state index contributed by atoms with van der Waals surface area (Å²) in [5, 5.41) is 35.5. The number of anilines is 1. The number of aliphatic hydroxyl groups is 3. The number of halogens is 2. The molecular weight excluding hydrogens is 686 g/mol. The SMILES string of the molecule is CC[C@H]1OC(=O)C[C@@H](O)[C@H](C)[C@@H](O[C@@H]2O[C@H](C)[C@@H](O)[C@H](N(C)C)[C@H]2O)C(C=O)C[C@@H](C)C(=O)/C=C/C(C)=C/[C@@H]1COC(=O)Nc1ccc(F)c(F)c1. The Hall–Kier alpha value is -3.60. The van der Waals surface area contributed by atoms with Crippen LogP contribution >= 0.6 is 0 Å². The summed E-state index contributed by atoms with van der Waals surface area (Å²) in [6.45, 7) is 7.94.